The van der Waals surface area contributed by atoms with E-state index in [1.807, 2.05) is 36.4 Å². The molecule has 0 amide bonds. The zero-order valence-corrected chi connectivity index (χ0v) is 12.8. The van der Waals surface area contributed by atoms with Gasteiger partial charge in [-0.25, -0.2) is 0 Å². The van der Waals surface area contributed by atoms with E-state index in [2.05, 4.69) is 11.1 Å². The van der Waals surface area contributed by atoms with Crippen LogP contribution in [0.4, 0.5) is 0 Å². The van der Waals surface area contributed by atoms with E-state index >= 15 is 0 Å². The first-order valence-electron chi connectivity index (χ1n) is 6.67. The molecule has 106 valence electrons. The number of hydrogen-bond acceptors (Lipinski definition) is 2. The third kappa shape index (κ3) is 3.18. The van der Waals surface area contributed by atoms with Crippen molar-refractivity contribution in [2.45, 2.75) is 12.5 Å². The van der Waals surface area contributed by atoms with Gasteiger partial charge in [-0.05, 0) is 47.9 Å². The van der Waals surface area contributed by atoms with Crippen molar-refractivity contribution in [1.29, 1.82) is 0 Å². The number of nitrogens with two attached hydrogens (primary N) is 1. The second-order valence-electron chi connectivity index (χ2n) is 5.01. The Morgan fingerprint density at radius 1 is 1.00 bits per heavy atom. The van der Waals surface area contributed by atoms with Gasteiger partial charge in [0, 0.05) is 17.6 Å². The zero-order valence-electron chi connectivity index (χ0n) is 11.3. The Bertz CT molecular complexity index is 787. The van der Waals surface area contributed by atoms with Gasteiger partial charge >= 0.3 is 0 Å². The molecule has 0 saturated carbocycles. The van der Waals surface area contributed by atoms with E-state index < -0.39 is 0 Å². The van der Waals surface area contributed by atoms with Crippen molar-refractivity contribution < 1.29 is 0 Å². The molecule has 3 aromatic rings. The molecule has 0 fully saturated rings. The molecule has 1 heterocycles. The van der Waals surface area contributed by atoms with Crippen molar-refractivity contribution in [3.05, 3.63) is 75.9 Å². The number of rotatable bonds is 3. The summed E-state index contributed by atoms with van der Waals surface area (Å²) < 4.78 is 0. The van der Waals surface area contributed by atoms with E-state index in [9.17, 15) is 0 Å². The molecule has 1 unspecified atom stereocenters. The van der Waals surface area contributed by atoms with Crippen LogP contribution in [-0.2, 0) is 6.42 Å². The number of halogens is 2. The Kier molecular flexibility index (Phi) is 4.11. The summed E-state index contributed by atoms with van der Waals surface area (Å²) in [7, 11) is 0. The lowest BCUT2D eigenvalue weighted by Crippen LogP contribution is -2.13. The van der Waals surface area contributed by atoms with E-state index in [4.69, 9.17) is 28.9 Å². The van der Waals surface area contributed by atoms with Gasteiger partial charge in [0.25, 0.3) is 0 Å². The maximum Gasteiger partial charge on any atom is 0.0702 e. The van der Waals surface area contributed by atoms with Crippen LogP contribution in [0.25, 0.3) is 10.9 Å². The van der Waals surface area contributed by atoms with Gasteiger partial charge in [-0.15, -0.1) is 0 Å². The average molecular weight is 317 g/mol. The zero-order chi connectivity index (χ0) is 14.8. The minimum atomic E-state index is -0.0909. The number of fused-ring (bicyclic) bond motifs is 1. The average Bonchev–Trinajstić information content (AvgIpc) is 2.50. The van der Waals surface area contributed by atoms with Crippen molar-refractivity contribution >= 4 is 34.1 Å². The van der Waals surface area contributed by atoms with Gasteiger partial charge in [0.15, 0.2) is 0 Å². The number of pyridine rings is 1. The molecule has 0 aliphatic rings. The molecule has 0 aliphatic carbocycles. The van der Waals surface area contributed by atoms with Crippen LogP contribution < -0.4 is 5.73 Å². The van der Waals surface area contributed by atoms with E-state index in [1.54, 1.807) is 12.3 Å². The second kappa shape index (κ2) is 6.02. The molecule has 4 heteroatoms. The third-order valence-electron chi connectivity index (χ3n) is 3.49. The first-order valence-corrected chi connectivity index (χ1v) is 7.43. The summed E-state index contributed by atoms with van der Waals surface area (Å²) in [5.41, 5.74) is 9.44. The van der Waals surface area contributed by atoms with Crippen molar-refractivity contribution in [2.24, 2.45) is 5.73 Å². The van der Waals surface area contributed by atoms with E-state index in [0.29, 0.717) is 16.5 Å². The minimum absolute atomic E-state index is 0.0909. The summed E-state index contributed by atoms with van der Waals surface area (Å²) in [5.74, 6) is 0. The molecule has 0 bridgehead atoms. The first-order chi connectivity index (χ1) is 10.1. The first kappa shape index (κ1) is 14.3. The van der Waals surface area contributed by atoms with Crippen LogP contribution in [-0.4, -0.2) is 4.98 Å². The van der Waals surface area contributed by atoms with Crippen molar-refractivity contribution in [3.8, 4) is 0 Å². The lowest BCUT2D eigenvalue weighted by Gasteiger charge is -2.13. The van der Waals surface area contributed by atoms with Crippen molar-refractivity contribution in [3.63, 3.8) is 0 Å². The molecule has 1 aromatic heterocycles. The fourth-order valence-corrected chi connectivity index (χ4v) is 2.68. The Hall–Kier alpha value is -1.61. The van der Waals surface area contributed by atoms with Crippen LogP contribution in [0.1, 0.15) is 17.2 Å². The highest BCUT2D eigenvalue weighted by molar-refractivity contribution is 6.42. The Labute approximate surface area is 133 Å². The fourth-order valence-electron chi connectivity index (χ4n) is 2.36. The molecule has 2 N–H and O–H groups in total. The fraction of sp³-hybridized carbons (Fsp3) is 0.118. The summed E-state index contributed by atoms with van der Waals surface area (Å²) in [6.45, 7) is 0. The molecule has 0 spiro atoms. The Balaban J connectivity index is 1.85. The highest BCUT2D eigenvalue weighted by atomic mass is 35.5. The Morgan fingerprint density at radius 2 is 1.86 bits per heavy atom. The summed E-state index contributed by atoms with van der Waals surface area (Å²) in [5, 5.41) is 2.22. The summed E-state index contributed by atoms with van der Waals surface area (Å²) in [6, 6.07) is 15.6. The molecule has 2 aromatic carbocycles. The van der Waals surface area contributed by atoms with Gasteiger partial charge < -0.3 is 5.73 Å². The van der Waals surface area contributed by atoms with Crippen LogP contribution >= 0.6 is 23.2 Å². The third-order valence-corrected chi connectivity index (χ3v) is 4.23. The van der Waals surface area contributed by atoms with Gasteiger partial charge in [-0.2, -0.15) is 0 Å². The number of aromatic nitrogens is 1. The lowest BCUT2D eigenvalue weighted by molar-refractivity contribution is 0.723. The number of nitrogens with zero attached hydrogens (tertiary/aromatic N) is 1. The van der Waals surface area contributed by atoms with Gasteiger partial charge in [0.2, 0.25) is 0 Å². The van der Waals surface area contributed by atoms with E-state index in [1.165, 1.54) is 0 Å². The summed E-state index contributed by atoms with van der Waals surface area (Å²) in [6.07, 6.45) is 2.50. The monoisotopic (exact) mass is 316 g/mol. The van der Waals surface area contributed by atoms with Crippen molar-refractivity contribution in [1.82, 2.24) is 4.98 Å². The molecule has 0 saturated heterocycles. The maximum atomic E-state index is 6.31. The van der Waals surface area contributed by atoms with Gasteiger partial charge in [0.1, 0.15) is 0 Å². The molecule has 0 radical (unpaired) electrons. The highest BCUT2D eigenvalue weighted by Gasteiger charge is 2.09. The molecule has 1 atom stereocenters. The lowest BCUT2D eigenvalue weighted by atomic mass is 9.98. The SMILES string of the molecule is NC(Cc1ccc(Cl)c(Cl)c1)c1ccc2ncccc2c1. The van der Waals surface area contributed by atoms with Crippen LogP contribution in [0.5, 0.6) is 0 Å². The van der Waals surface area contributed by atoms with E-state index in [-0.39, 0.29) is 6.04 Å². The van der Waals surface area contributed by atoms with Crippen LogP contribution in [0.2, 0.25) is 10.0 Å². The van der Waals surface area contributed by atoms with Crippen LogP contribution in [0.15, 0.2) is 54.7 Å². The van der Waals surface area contributed by atoms with Gasteiger partial charge in [0.05, 0.1) is 15.6 Å². The Morgan fingerprint density at radius 3 is 2.67 bits per heavy atom. The predicted octanol–water partition coefficient (Wildman–Crippen LogP) is 4.78. The molecule has 0 aliphatic heterocycles. The van der Waals surface area contributed by atoms with Gasteiger partial charge in [-0.1, -0.05) is 41.4 Å². The molecule has 2 nitrogen and oxygen atoms in total. The topological polar surface area (TPSA) is 38.9 Å². The quantitative estimate of drug-likeness (QED) is 0.755. The summed E-state index contributed by atoms with van der Waals surface area (Å²) in [4.78, 5) is 4.31. The largest absolute Gasteiger partial charge is 0.324 e. The van der Waals surface area contributed by atoms with E-state index in [0.717, 1.165) is 22.0 Å². The van der Waals surface area contributed by atoms with Gasteiger partial charge in [-0.3, -0.25) is 4.98 Å². The molecular formula is C17H14Cl2N2. The number of hydrogen-bond donors (Lipinski definition) is 1. The molecule has 21 heavy (non-hydrogen) atoms. The highest BCUT2D eigenvalue weighted by Crippen LogP contribution is 2.26. The van der Waals surface area contributed by atoms with Crippen LogP contribution in [0.3, 0.4) is 0 Å². The predicted molar refractivity (Wildman–Crippen MR) is 88.8 cm³/mol. The van der Waals surface area contributed by atoms with Crippen molar-refractivity contribution in [2.75, 3.05) is 0 Å². The molecule has 3 rings (SSSR count). The summed E-state index contributed by atoms with van der Waals surface area (Å²) >= 11 is 12.0. The maximum absolute atomic E-state index is 6.31. The second-order valence-corrected chi connectivity index (χ2v) is 5.83. The van der Waals surface area contributed by atoms with Crippen LogP contribution in [0, 0.1) is 0 Å². The smallest absolute Gasteiger partial charge is 0.0702 e. The normalized spacial score (nSPS) is 12.5. The standard InChI is InChI=1S/C17H14Cl2N2/c18-14-5-3-11(8-15(14)19)9-16(20)12-4-6-17-13(10-12)2-1-7-21-17/h1-8,10,16H,9,20H2. The molecular weight excluding hydrogens is 303 g/mol. The minimum Gasteiger partial charge on any atom is -0.324 e. The number of benzene rings is 2.